The van der Waals surface area contributed by atoms with Gasteiger partial charge in [-0.05, 0) is 39.5 Å². The maximum Gasteiger partial charge on any atom is 0.410 e. The lowest BCUT2D eigenvalue weighted by Gasteiger charge is -2.33. The van der Waals surface area contributed by atoms with Crippen LogP contribution in [0.5, 0.6) is 0 Å². The molecule has 1 aliphatic carbocycles. The number of likely N-dealkylation sites (tertiary alicyclic amines) is 1. The molecule has 0 spiro atoms. The second-order valence-corrected chi connectivity index (χ2v) is 6.09. The van der Waals surface area contributed by atoms with Crippen LogP contribution in [0.1, 0.15) is 40.0 Å². The third-order valence-corrected chi connectivity index (χ3v) is 3.30. The monoisotopic (exact) mass is 239 g/mol. The smallest absolute Gasteiger partial charge is 0.410 e. The summed E-state index contributed by atoms with van der Waals surface area (Å²) >= 11 is 0. The van der Waals surface area contributed by atoms with E-state index in [1.807, 2.05) is 20.8 Å². The van der Waals surface area contributed by atoms with Crippen molar-refractivity contribution in [2.75, 3.05) is 13.1 Å². The van der Waals surface area contributed by atoms with Crippen LogP contribution in [0.4, 0.5) is 4.79 Å². The van der Waals surface area contributed by atoms with Crippen LogP contribution in [0, 0.1) is 11.8 Å². The van der Waals surface area contributed by atoms with Gasteiger partial charge < -0.3 is 9.64 Å². The molecule has 0 unspecified atom stereocenters. The van der Waals surface area contributed by atoms with Crippen LogP contribution < -0.4 is 0 Å². The van der Waals surface area contributed by atoms with Crippen molar-refractivity contribution in [3.63, 3.8) is 0 Å². The van der Waals surface area contributed by atoms with Crippen molar-refractivity contribution in [3.05, 3.63) is 0 Å². The third kappa shape index (κ3) is 3.20. The zero-order valence-corrected chi connectivity index (χ0v) is 10.9. The second kappa shape index (κ2) is 4.31. The number of carbonyl (C=O) groups is 2. The molecule has 0 radical (unpaired) electrons. The van der Waals surface area contributed by atoms with Crippen LogP contribution in [0.15, 0.2) is 0 Å². The zero-order valence-electron chi connectivity index (χ0n) is 10.9. The Bertz CT molecular complexity index is 328. The summed E-state index contributed by atoms with van der Waals surface area (Å²) in [6, 6.07) is 0. The Labute approximate surface area is 102 Å². The third-order valence-electron chi connectivity index (χ3n) is 3.30. The number of rotatable bonds is 1. The topological polar surface area (TPSA) is 46.6 Å². The minimum absolute atomic E-state index is 0.0660. The first-order valence-electron chi connectivity index (χ1n) is 6.37. The highest BCUT2D eigenvalue weighted by molar-refractivity contribution is 5.84. The van der Waals surface area contributed by atoms with Gasteiger partial charge in [0.15, 0.2) is 0 Å². The molecule has 4 nitrogen and oxygen atoms in total. The van der Waals surface area contributed by atoms with Crippen LogP contribution in [0.25, 0.3) is 0 Å². The number of ether oxygens (including phenoxy) is 1. The molecule has 0 N–H and O–H groups in total. The van der Waals surface area contributed by atoms with Crippen molar-refractivity contribution in [3.8, 4) is 0 Å². The molecule has 0 aromatic rings. The Morgan fingerprint density at radius 1 is 1.35 bits per heavy atom. The van der Waals surface area contributed by atoms with Gasteiger partial charge >= 0.3 is 6.09 Å². The molecule has 1 aliphatic heterocycles. The lowest BCUT2D eigenvalue weighted by molar-refractivity contribution is -0.126. The van der Waals surface area contributed by atoms with Crippen LogP contribution in [0.3, 0.4) is 0 Å². The molecule has 1 saturated carbocycles. The van der Waals surface area contributed by atoms with Crippen LogP contribution in [-0.2, 0) is 9.53 Å². The van der Waals surface area contributed by atoms with Gasteiger partial charge in [-0.25, -0.2) is 4.79 Å². The van der Waals surface area contributed by atoms with Crippen molar-refractivity contribution in [2.24, 2.45) is 11.8 Å². The van der Waals surface area contributed by atoms with Gasteiger partial charge in [0, 0.05) is 25.4 Å². The molecular formula is C13H21NO3. The number of nitrogens with zero attached hydrogens (tertiary/aromatic N) is 1. The lowest BCUT2D eigenvalue weighted by atomic mass is 9.92. The molecule has 1 atom stereocenters. The van der Waals surface area contributed by atoms with Gasteiger partial charge in [-0.15, -0.1) is 0 Å². The van der Waals surface area contributed by atoms with Crippen molar-refractivity contribution in [1.29, 1.82) is 0 Å². The van der Waals surface area contributed by atoms with Crippen molar-refractivity contribution >= 4 is 11.9 Å². The molecule has 1 heterocycles. The van der Waals surface area contributed by atoms with E-state index in [-0.39, 0.29) is 12.0 Å². The van der Waals surface area contributed by atoms with Gasteiger partial charge in [0.05, 0.1) is 0 Å². The standard InChI is InChI=1S/C13H21NO3/c1-13(2,3)17-12(16)14-7-6-11(15)10(8-14)9-4-5-9/h9-10H,4-8H2,1-3H3/t10-/m0/s1. The van der Waals surface area contributed by atoms with Gasteiger partial charge in [0.25, 0.3) is 0 Å². The fraction of sp³-hybridized carbons (Fsp3) is 0.846. The molecule has 1 amide bonds. The lowest BCUT2D eigenvalue weighted by Crippen LogP contribution is -2.46. The molecule has 2 fully saturated rings. The van der Waals surface area contributed by atoms with E-state index in [4.69, 9.17) is 4.74 Å². The molecule has 2 aliphatic rings. The van der Waals surface area contributed by atoms with Gasteiger partial charge in [0.2, 0.25) is 0 Å². The number of hydrogen-bond donors (Lipinski definition) is 0. The number of piperidine rings is 1. The highest BCUT2D eigenvalue weighted by Crippen LogP contribution is 2.39. The molecule has 1 saturated heterocycles. The van der Waals surface area contributed by atoms with E-state index >= 15 is 0 Å². The zero-order chi connectivity index (χ0) is 12.6. The van der Waals surface area contributed by atoms with Gasteiger partial charge in [-0.2, -0.15) is 0 Å². The summed E-state index contributed by atoms with van der Waals surface area (Å²) in [5.41, 5.74) is -0.465. The maximum absolute atomic E-state index is 11.9. The van der Waals surface area contributed by atoms with Gasteiger partial charge in [-0.3, -0.25) is 4.79 Å². The molecule has 0 aromatic carbocycles. The van der Waals surface area contributed by atoms with Crippen molar-refractivity contribution in [1.82, 2.24) is 4.90 Å². The molecule has 96 valence electrons. The summed E-state index contributed by atoms with van der Waals surface area (Å²) in [4.78, 5) is 25.3. The minimum Gasteiger partial charge on any atom is -0.444 e. The van der Waals surface area contributed by atoms with Gasteiger partial charge in [0.1, 0.15) is 11.4 Å². The summed E-state index contributed by atoms with van der Waals surface area (Å²) in [6.45, 7) is 6.64. The quantitative estimate of drug-likeness (QED) is 0.705. The fourth-order valence-corrected chi connectivity index (χ4v) is 2.26. The first-order valence-corrected chi connectivity index (χ1v) is 6.37. The van der Waals surface area contributed by atoms with E-state index in [2.05, 4.69) is 0 Å². The molecule has 17 heavy (non-hydrogen) atoms. The number of amides is 1. The maximum atomic E-state index is 11.9. The van der Waals surface area contributed by atoms with Crippen molar-refractivity contribution < 1.29 is 14.3 Å². The molecular weight excluding hydrogens is 218 g/mol. The van der Waals surface area contributed by atoms with Crippen LogP contribution in [0.2, 0.25) is 0 Å². The SMILES string of the molecule is CC(C)(C)OC(=O)N1CCC(=O)[C@H](C2CC2)C1. The van der Waals surface area contributed by atoms with Crippen LogP contribution in [-0.4, -0.2) is 35.5 Å². The number of ketones is 1. The molecule has 4 heteroatoms. The number of carbonyl (C=O) groups excluding carboxylic acids is 2. The molecule has 2 rings (SSSR count). The highest BCUT2D eigenvalue weighted by atomic mass is 16.6. The predicted octanol–water partition coefficient (Wildman–Crippen LogP) is 2.22. The van der Waals surface area contributed by atoms with Crippen LogP contribution >= 0.6 is 0 Å². The van der Waals surface area contributed by atoms with E-state index in [1.54, 1.807) is 4.90 Å². The predicted molar refractivity (Wildman–Crippen MR) is 63.6 cm³/mol. The Balaban J connectivity index is 1.93. The summed E-state index contributed by atoms with van der Waals surface area (Å²) in [7, 11) is 0. The first kappa shape index (κ1) is 12.4. The highest BCUT2D eigenvalue weighted by Gasteiger charge is 2.41. The van der Waals surface area contributed by atoms with E-state index in [0.29, 0.717) is 31.2 Å². The summed E-state index contributed by atoms with van der Waals surface area (Å²) in [5.74, 6) is 0.913. The largest absolute Gasteiger partial charge is 0.444 e. The Hall–Kier alpha value is -1.06. The first-order chi connectivity index (χ1) is 7.87. The van der Waals surface area contributed by atoms with Gasteiger partial charge in [-0.1, -0.05) is 0 Å². The average Bonchev–Trinajstić information content (AvgIpc) is 2.99. The molecule has 0 bridgehead atoms. The Morgan fingerprint density at radius 3 is 2.53 bits per heavy atom. The average molecular weight is 239 g/mol. The van der Waals surface area contributed by atoms with E-state index in [0.717, 1.165) is 12.8 Å². The van der Waals surface area contributed by atoms with E-state index < -0.39 is 5.60 Å². The normalized spacial score (nSPS) is 25.9. The van der Waals surface area contributed by atoms with Crippen molar-refractivity contribution in [2.45, 2.75) is 45.6 Å². The number of hydrogen-bond acceptors (Lipinski definition) is 3. The molecule has 0 aromatic heterocycles. The number of Topliss-reactive ketones (excluding diaryl/α,β-unsaturated/α-hetero) is 1. The Morgan fingerprint density at radius 2 is 2.00 bits per heavy atom. The fourth-order valence-electron chi connectivity index (χ4n) is 2.26. The Kier molecular flexibility index (Phi) is 3.15. The van der Waals surface area contributed by atoms with E-state index in [1.165, 1.54) is 0 Å². The van der Waals surface area contributed by atoms with E-state index in [9.17, 15) is 9.59 Å². The summed E-state index contributed by atoms with van der Waals surface area (Å²) in [6.07, 6.45) is 2.48. The second-order valence-electron chi connectivity index (χ2n) is 6.09. The minimum atomic E-state index is -0.465. The summed E-state index contributed by atoms with van der Waals surface area (Å²) in [5, 5.41) is 0. The summed E-state index contributed by atoms with van der Waals surface area (Å²) < 4.78 is 5.34.